The summed E-state index contributed by atoms with van der Waals surface area (Å²) < 4.78 is 50.7. The summed E-state index contributed by atoms with van der Waals surface area (Å²) in [6, 6.07) is 15.5. The molecule has 4 aliphatic rings. The Kier molecular flexibility index (Phi) is 7.03. The maximum Gasteiger partial charge on any atom is 0.416 e. The van der Waals surface area contributed by atoms with E-state index in [1.807, 2.05) is 0 Å². The molecule has 1 N–H and O–H groups in total. The number of carbonyl (C=O) groups excluding carboxylic acids is 1. The Morgan fingerprint density at radius 1 is 1.04 bits per heavy atom. The summed E-state index contributed by atoms with van der Waals surface area (Å²) in [6.07, 6.45) is 0.218. The molecule has 2 saturated heterocycles. The Morgan fingerprint density at radius 2 is 1.86 bits per heavy atom. The molecular weight excluding hydrogens is 635 g/mol. The van der Waals surface area contributed by atoms with Gasteiger partial charge in [0.05, 0.1) is 43.0 Å². The second-order valence-electron chi connectivity index (χ2n) is 13.6. The van der Waals surface area contributed by atoms with Crippen LogP contribution in [0.2, 0.25) is 0 Å². The minimum absolute atomic E-state index is 0.000918. The van der Waals surface area contributed by atoms with Crippen LogP contribution in [-0.2, 0) is 31.1 Å². The first-order valence-electron chi connectivity index (χ1n) is 15.9. The molecule has 2 aromatic carbocycles. The number of likely N-dealkylation sites (tertiary alicyclic amines) is 1. The Hall–Kier alpha value is -5.31. The second-order valence-corrected chi connectivity index (χ2v) is 13.6. The first-order chi connectivity index (χ1) is 23.5. The zero-order valence-corrected chi connectivity index (χ0v) is 26.5. The third-order valence-electron chi connectivity index (χ3n) is 10.1. The summed E-state index contributed by atoms with van der Waals surface area (Å²) in [7, 11) is 1.77. The largest absolute Gasteiger partial charge is 0.416 e. The minimum atomic E-state index is -4.67. The average Bonchev–Trinajstić information content (AvgIpc) is 3.32. The van der Waals surface area contributed by atoms with Gasteiger partial charge in [0.15, 0.2) is 11.4 Å². The summed E-state index contributed by atoms with van der Waals surface area (Å²) in [5, 5.41) is 31.0. The number of amides is 1. The SMILES string of the molecule is Cn1cnnc1-c1ccc(C#N)cc1-c1cc(NC2(C#N)COC2)nc(N2Cc3c(cc(CN4CCC5(CC5)C4)cc3C(F)(F)F)C2=O)c1. The van der Waals surface area contributed by atoms with Gasteiger partial charge in [0.25, 0.3) is 5.91 Å². The molecule has 14 heteroatoms. The topological polar surface area (TPSA) is 136 Å². The number of ether oxygens (including phenoxy) is 1. The van der Waals surface area contributed by atoms with E-state index in [1.165, 1.54) is 17.3 Å². The number of halogens is 3. The molecule has 49 heavy (non-hydrogen) atoms. The van der Waals surface area contributed by atoms with Gasteiger partial charge >= 0.3 is 6.18 Å². The van der Waals surface area contributed by atoms with Crippen LogP contribution in [0.15, 0.2) is 48.8 Å². The van der Waals surface area contributed by atoms with Crippen molar-refractivity contribution in [2.75, 3.05) is 36.5 Å². The predicted molar refractivity (Wildman–Crippen MR) is 171 cm³/mol. The molecule has 1 aliphatic carbocycles. The van der Waals surface area contributed by atoms with E-state index < -0.39 is 23.2 Å². The molecule has 1 saturated carbocycles. The molecule has 0 radical (unpaired) electrons. The van der Waals surface area contributed by atoms with Crippen LogP contribution in [0.1, 0.15) is 51.9 Å². The number of carbonyl (C=O) groups is 1. The van der Waals surface area contributed by atoms with E-state index in [1.54, 1.807) is 48.0 Å². The Labute approximate surface area is 279 Å². The fourth-order valence-electron chi connectivity index (χ4n) is 7.17. The lowest BCUT2D eigenvalue weighted by Crippen LogP contribution is -2.54. The Bertz CT molecular complexity index is 2100. The molecule has 2 aromatic heterocycles. The summed E-state index contributed by atoms with van der Waals surface area (Å²) >= 11 is 0. The van der Waals surface area contributed by atoms with Gasteiger partial charge in [0.2, 0.25) is 0 Å². The van der Waals surface area contributed by atoms with Crippen molar-refractivity contribution in [2.24, 2.45) is 12.5 Å². The number of benzene rings is 2. The molecule has 11 nitrogen and oxygen atoms in total. The van der Waals surface area contributed by atoms with Crippen LogP contribution in [0, 0.1) is 28.1 Å². The normalized spacial score (nSPS) is 19.0. The quantitative estimate of drug-likeness (QED) is 0.280. The van der Waals surface area contributed by atoms with Crippen LogP contribution >= 0.6 is 0 Å². The van der Waals surface area contributed by atoms with Gasteiger partial charge in [0.1, 0.15) is 18.0 Å². The van der Waals surface area contributed by atoms with Crippen LogP contribution in [-0.4, -0.2) is 62.4 Å². The number of aromatic nitrogens is 4. The van der Waals surface area contributed by atoms with Gasteiger partial charge in [-0.05, 0) is 95.9 Å². The molecule has 0 unspecified atom stereocenters. The standard InChI is InChI=1S/C35H30F3N9O2/c1-45-20-41-44-31(45)24-3-2-21(13-39)8-25(24)23-11-29(43-34(16-40)18-49-19-34)42-30(12-23)47-15-27-26(32(47)48)9-22(10-28(27)35(36,37)38)14-46-7-6-33(17-46)4-5-33/h2-3,8-12,20H,4-7,14-15,17-19H2,1H3,(H,42,43). The van der Waals surface area contributed by atoms with Gasteiger partial charge in [0, 0.05) is 31.3 Å². The summed E-state index contributed by atoms with van der Waals surface area (Å²) in [5.74, 6) is 0.211. The number of fused-ring (bicyclic) bond motifs is 1. The predicted octanol–water partition coefficient (Wildman–Crippen LogP) is 5.29. The number of nitrogens with zero attached hydrogens (tertiary/aromatic N) is 8. The second kappa shape index (κ2) is 11.1. The number of rotatable bonds is 7. The van der Waals surface area contributed by atoms with Crippen molar-refractivity contribution in [3.63, 3.8) is 0 Å². The Morgan fingerprint density at radius 3 is 2.49 bits per heavy atom. The lowest BCUT2D eigenvalue weighted by Gasteiger charge is -2.36. The van der Waals surface area contributed by atoms with E-state index >= 15 is 0 Å². The summed E-state index contributed by atoms with van der Waals surface area (Å²) in [5.41, 5.74) is 0.791. The molecule has 1 spiro atoms. The van der Waals surface area contributed by atoms with Gasteiger partial charge in [-0.3, -0.25) is 14.6 Å². The third-order valence-corrected chi connectivity index (χ3v) is 10.1. The van der Waals surface area contributed by atoms with Crippen molar-refractivity contribution in [1.29, 1.82) is 10.5 Å². The van der Waals surface area contributed by atoms with Crippen LogP contribution in [0.5, 0.6) is 0 Å². The molecule has 5 heterocycles. The molecule has 248 valence electrons. The van der Waals surface area contributed by atoms with E-state index in [0.717, 1.165) is 32.4 Å². The zero-order valence-electron chi connectivity index (χ0n) is 26.5. The number of hydrogen-bond acceptors (Lipinski definition) is 9. The zero-order chi connectivity index (χ0) is 34.1. The number of nitriles is 2. The molecule has 3 aliphatic heterocycles. The highest BCUT2D eigenvalue weighted by Crippen LogP contribution is 2.53. The van der Waals surface area contributed by atoms with E-state index in [9.17, 15) is 28.5 Å². The van der Waals surface area contributed by atoms with Crippen molar-refractivity contribution in [2.45, 2.75) is 44.1 Å². The summed E-state index contributed by atoms with van der Waals surface area (Å²) in [4.78, 5) is 22.2. The Balaban J connectivity index is 1.22. The van der Waals surface area contributed by atoms with Crippen molar-refractivity contribution in [3.05, 3.63) is 76.6 Å². The highest BCUT2D eigenvalue weighted by molar-refractivity contribution is 6.10. The van der Waals surface area contributed by atoms with Gasteiger partial charge < -0.3 is 14.6 Å². The average molecular weight is 666 g/mol. The number of hydrogen-bond donors (Lipinski definition) is 1. The van der Waals surface area contributed by atoms with E-state index in [4.69, 9.17) is 4.74 Å². The number of alkyl halides is 3. The van der Waals surface area contributed by atoms with Crippen LogP contribution in [0.4, 0.5) is 24.8 Å². The minimum Gasteiger partial charge on any atom is -0.374 e. The fraction of sp³-hybridized carbons (Fsp3) is 0.371. The summed E-state index contributed by atoms with van der Waals surface area (Å²) in [6.45, 7) is 1.88. The maximum absolute atomic E-state index is 14.6. The highest BCUT2D eigenvalue weighted by Gasteiger charge is 2.48. The van der Waals surface area contributed by atoms with E-state index in [2.05, 4.69) is 37.5 Å². The smallest absolute Gasteiger partial charge is 0.374 e. The van der Waals surface area contributed by atoms with Gasteiger partial charge in [-0.2, -0.15) is 23.7 Å². The molecular formula is C35H30F3N9O2. The van der Waals surface area contributed by atoms with Crippen molar-refractivity contribution < 1.29 is 22.7 Å². The lowest BCUT2D eigenvalue weighted by atomic mass is 9.96. The maximum atomic E-state index is 14.6. The van der Waals surface area contributed by atoms with Crippen LogP contribution < -0.4 is 10.2 Å². The number of aryl methyl sites for hydroxylation is 1. The van der Waals surface area contributed by atoms with Gasteiger partial charge in [-0.25, -0.2) is 4.98 Å². The molecule has 4 aromatic rings. The lowest BCUT2D eigenvalue weighted by molar-refractivity contribution is -0.138. The first-order valence-corrected chi connectivity index (χ1v) is 15.9. The van der Waals surface area contributed by atoms with Crippen molar-refractivity contribution in [1.82, 2.24) is 24.6 Å². The van der Waals surface area contributed by atoms with Gasteiger partial charge in [-0.1, -0.05) is 0 Å². The molecule has 8 rings (SSSR count). The monoisotopic (exact) mass is 665 g/mol. The molecule has 0 bridgehead atoms. The van der Waals surface area contributed by atoms with Crippen molar-refractivity contribution >= 4 is 17.5 Å². The van der Waals surface area contributed by atoms with Crippen molar-refractivity contribution in [3.8, 4) is 34.7 Å². The van der Waals surface area contributed by atoms with Crippen LogP contribution in [0.25, 0.3) is 22.5 Å². The molecule has 1 amide bonds. The van der Waals surface area contributed by atoms with E-state index in [-0.39, 0.29) is 42.5 Å². The van der Waals surface area contributed by atoms with E-state index in [0.29, 0.717) is 45.6 Å². The number of pyridine rings is 1. The fourth-order valence-corrected chi connectivity index (χ4v) is 7.17. The number of nitrogens with one attached hydrogen (secondary N) is 1. The highest BCUT2D eigenvalue weighted by atomic mass is 19.4. The number of anilines is 2. The van der Waals surface area contributed by atoms with Crippen LogP contribution in [0.3, 0.4) is 0 Å². The van der Waals surface area contributed by atoms with Gasteiger partial charge in [-0.15, -0.1) is 10.2 Å². The molecule has 3 fully saturated rings. The first kappa shape index (κ1) is 31.0. The molecule has 0 atom stereocenters. The third kappa shape index (κ3) is 5.47.